The SMILES string of the molecule is Nc1ccc(N2CCN(C(=O)c3ccncc3)CC2)c(F)c1. The van der Waals surface area contributed by atoms with Crippen molar-refractivity contribution < 1.29 is 9.18 Å². The van der Waals surface area contributed by atoms with Crippen molar-refractivity contribution in [3.8, 4) is 0 Å². The van der Waals surface area contributed by atoms with Gasteiger partial charge in [-0.15, -0.1) is 0 Å². The Bertz CT molecular complexity index is 669. The number of carbonyl (C=O) groups excluding carboxylic acids is 1. The first kappa shape index (κ1) is 14.3. The van der Waals surface area contributed by atoms with Gasteiger partial charge >= 0.3 is 0 Å². The number of nitrogen functional groups attached to an aromatic ring is 1. The molecule has 0 bridgehead atoms. The Balaban J connectivity index is 1.66. The van der Waals surface area contributed by atoms with Gasteiger partial charge in [-0.2, -0.15) is 0 Å². The van der Waals surface area contributed by atoms with Gasteiger partial charge in [-0.1, -0.05) is 0 Å². The van der Waals surface area contributed by atoms with Crippen LogP contribution in [0.5, 0.6) is 0 Å². The van der Waals surface area contributed by atoms with Gasteiger partial charge in [-0.3, -0.25) is 9.78 Å². The lowest BCUT2D eigenvalue weighted by Gasteiger charge is -2.36. The molecule has 0 radical (unpaired) electrons. The zero-order chi connectivity index (χ0) is 15.5. The number of nitrogens with zero attached hydrogens (tertiary/aromatic N) is 3. The molecule has 0 spiro atoms. The van der Waals surface area contributed by atoms with Crippen LogP contribution in [-0.2, 0) is 0 Å². The third kappa shape index (κ3) is 2.86. The first-order valence-corrected chi connectivity index (χ1v) is 7.14. The highest BCUT2D eigenvalue weighted by atomic mass is 19.1. The minimum absolute atomic E-state index is 0.0140. The highest BCUT2D eigenvalue weighted by Gasteiger charge is 2.23. The molecule has 1 aliphatic rings. The summed E-state index contributed by atoms with van der Waals surface area (Å²) in [6.07, 6.45) is 3.21. The van der Waals surface area contributed by atoms with E-state index >= 15 is 0 Å². The maximum atomic E-state index is 13.9. The molecule has 3 rings (SSSR count). The maximum absolute atomic E-state index is 13.9. The molecule has 1 aromatic carbocycles. The van der Waals surface area contributed by atoms with Crippen molar-refractivity contribution in [3.05, 3.63) is 54.1 Å². The molecule has 1 amide bonds. The number of benzene rings is 1. The number of carbonyl (C=O) groups is 1. The van der Waals surface area contributed by atoms with Crippen molar-refractivity contribution in [2.45, 2.75) is 0 Å². The Kier molecular flexibility index (Phi) is 3.91. The lowest BCUT2D eigenvalue weighted by atomic mass is 10.2. The molecule has 1 fully saturated rings. The number of hydrogen-bond donors (Lipinski definition) is 1. The third-order valence-corrected chi connectivity index (χ3v) is 3.81. The summed E-state index contributed by atoms with van der Waals surface area (Å²) < 4.78 is 13.9. The molecule has 2 N–H and O–H groups in total. The molecule has 5 nitrogen and oxygen atoms in total. The van der Waals surface area contributed by atoms with E-state index in [4.69, 9.17) is 5.73 Å². The van der Waals surface area contributed by atoms with Gasteiger partial charge in [-0.25, -0.2) is 4.39 Å². The van der Waals surface area contributed by atoms with Gasteiger partial charge in [0.25, 0.3) is 5.91 Å². The van der Waals surface area contributed by atoms with Crippen molar-refractivity contribution >= 4 is 17.3 Å². The van der Waals surface area contributed by atoms with E-state index < -0.39 is 0 Å². The van der Waals surface area contributed by atoms with E-state index in [0.29, 0.717) is 43.1 Å². The zero-order valence-corrected chi connectivity index (χ0v) is 12.1. The minimum Gasteiger partial charge on any atom is -0.399 e. The van der Waals surface area contributed by atoms with Gasteiger partial charge in [0.2, 0.25) is 0 Å². The van der Waals surface area contributed by atoms with E-state index in [1.807, 2.05) is 4.90 Å². The van der Waals surface area contributed by atoms with Crippen LogP contribution in [0, 0.1) is 5.82 Å². The normalized spacial score (nSPS) is 15.0. The number of amides is 1. The smallest absolute Gasteiger partial charge is 0.254 e. The molecule has 2 aromatic rings. The fourth-order valence-electron chi connectivity index (χ4n) is 2.61. The fourth-order valence-corrected chi connectivity index (χ4v) is 2.61. The number of halogens is 1. The minimum atomic E-state index is -0.325. The van der Waals surface area contributed by atoms with Gasteiger partial charge in [0, 0.05) is 49.8 Å². The van der Waals surface area contributed by atoms with Crippen LogP contribution in [0.2, 0.25) is 0 Å². The summed E-state index contributed by atoms with van der Waals surface area (Å²) in [7, 11) is 0. The Labute approximate surface area is 128 Å². The average molecular weight is 300 g/mol. The van der Waals surface area contributed by atoms with E-state index in [9.17, 15) is 9.18 Å². The molecule has 2 heterocycles. The maximum Gasteiger partial charge on any atom is 0.254 e. The van der Waals surface area contributed by atoms with E-state index in [2.05, 4.69) is 4.98 Å². The van der Waals surface area contributed by atoms with Crippen LogP contribution in [0.4, 0.5) is 15.8 Å². The van der Waals surface area contributed by atoms with Crippen LogP contribution >= 0.6 is 0 Å². The number of piperazine rings is 1. The van der Waals surface area contributed by atoms with Crippen molar-refractivity contribution in [2.75, 3.05) is 36.8 Å². The molecular weight excluding hydrogens is 283 g/mol. The molecule has 22 heavy (non-hydrogen) atoms. The van der Waals surface area contributed by atoms with Crippen LogP contribution in [0.15, 0.2) is 42.7 Å². The van der Waals surface area contributed by atoms with Gasteiger partial charge in [0.1, 0.15) is 5.82 Å². The molecule has 1 aliphatic heterocycles. The predicted octanol–water partition coefficient (Wildman–Crippen LogP) is 1.77. The monoisotopic (exact) mass is 300 g/mol. The molecule has 1 saturated heterocycles. The summed E-state index contributed by atoms with van der Waals surface area (Å²) in [6.45, 7) is 2.31. The summed E-state index contributed by atoms with van der Waals surface area (Å²) in [5, 5.41) is 0. The molecule has 0 unspecified atom stereocenters. The van der Waals surface area contributed by atoms with Crippen molar-refractivity contribution in [3.63, 3.8) is 0 Å². The largest absolute Gasteiger partial charge is 0.399 e. The topological polar surface area (TPSA) is 62.5 Å². The number of nitrogens with two attached hydrogens (primary N) is 1. The second kappa shape index (κ2) is 6.01. The van der Waals surface area contributed by atoms with Crippen molar-refractivity contribution in [2.24, 2.45) is 0 Å². The molecule has 0 atom stereocenters. The summed E-state index contributed by atoms with van der Waals surface area (Å²) in [4.78, 5) is 20.0. The highest BCUT2D eigenvalue weighted by molar-refractivity contribution is 5.94. The quantitative estimate of drug-likeness (QED) is 0.859. The van der Waals surface area contributed by atoms with Crippen LogP contribution in [0.25, 0.3) is 0 Å². The van der Waals surface area contributed by atoms with Crippen LogP contribution in [0.1, 0.15) is 10.4 Å². The van der Waals surface area contributed by atoms with Crippen LogP contribution in [0.3, 0.4) is 0 Å². The van der Waals surface area contributed by atoms with Gasteiger partial charge in [0.05, 0.1) is 5.69 Å². The zero-order valence-electron chi connectivity index (χ0n) is 12.1. The Morgan fingerprint density at radius 1 is 1.09 bits per heavy atom. The number of hydrogen-bond acceptors (Lipinski definition) is 4. The first-order valence-electron chi connectivity index (χ1n) is 7.14. The lowest BCUT2D eigenvalue weighted by Crippen LogP contribution is -2.49. The average Bonchev–Trinajstić information content (AvgIpc) is 2.55. The summed E-state index contributed by atoms with van der Waals surface area (Å²) >= 11 is 0. The molecular formula is C16H17FN4O. The van der Waals surface area contributed by atoms with Crippen LogP contribution in [-0.4, -0.2) is 42.0 Å². The molecule has 6 heteroatoms. The number of rotatable bonds is 2. The summed E-state index contributed by atoms with van der Waals surface area (Å²) in [6, 6.07) is 8.10. The second-order valence-corrected chi connectivity index (χ2v) is 5.23. The number of pyridine rings is 1. The van der Waals surface area contributed by atoms with Gasteiger partial charge < -0.3 is 15.5 Å². The number of anilines is 2. The van der Waals surface area contributed by atoms with Crippen LogP contribution < -0.4 is 10.6 Å². The summed E-state index contributed by atoms with van der Waals surface area (Å²) in [5.74, 6) is -0.339. The van der Waals surface area contributed by atoms with Gasteiger partial charge in [-0.05, 0) is 30.3 Å². The van der Waals surface area contributed by atoms with E-state index in [0.717, 1.165) is 0 Å². The molecule has 0 aliphatic carbocycles. The van der Waals surface area contributed by atoms with E-state index in [-0.39, 0.29) is 11.7 Å². The van der Waals surface area contributed by atoms with E-state index in [1.165, 1.54) is 6.07 Å². The molecule has 114 valence electrons. The standard InChI is InChI=1S/C16H17FN4O/c17-14-11-13(18)1-2-15(14)20-7-9-21(10-8-20)16(22)12-3-5-19-6-4-12/h1-6,11H,7-10,18H2. The Morgan fingerprint density at radius 2 is 1.77 bits per heavy atom. The fraction of sp³-hybridized carbons (Fsp3) is 0.250. The highest BCUT2D eigenvalue weighted by Crippen LogP contribution is 2.23. The molecule has 1 aromatic heterocycles. The Morgan fingerprint density at radius 3 is 2.41 bits per heavy atom. The van der Waals surface area contributed by atoms with Crippen molar-refractivity contribution in [1.29, 1.82) is 0 Å². The van der Waals surface area contributed by atoms with Gasteiger partial charge in [0.15, 0.2) is 0 Å². The van der Waals surface area contributed by atoms with Crippen molar-refractivity contribution in [1.82, 2.24) is 9.88 Å². The predicted molar refractivity (Wildman–Crippen MR) is 83.2 cm³/mol. The summed E-state index contributed by atoms with van der Waals surface area (Å²) in [5.41, 5.74) is 7.14. The molecule has 0 saturated carbocycles. The number of aromatic nitrogens is 1. The lowest BCUT2D eigenvalue weighted by molar-refractivity contribution is 0.0746. The second-order valence-electron chi connectivity index (χ2n) is 5.23. The Hall–Kier alpha value is -2.63. The van der Waals surface area contributed by atoms with E-state index in [1.54, 1.807) is 41.6 Å². The first-order chi connectivity index (χ1) is 10.6. The third-order valence-electron chi connectivity index (χ3n) is 3.81.